The number of likely N-dealkylation sites (tertiary alicyclic amines) is 2. The summed E-state index contributed by atoms with van der Waals surface area (Å²) in [4.78, 5) is 5.15. The van der Waals surface area contributed by atoms with Crippen LogP contribution in [0, 0.1) is 11.3 Å². The molecule has 0 saturated carbocycles. The van der Waals surface area contributed by atoms with Crippen molar-refractivity contribution in [1.82, 2.24) is 9.80 Å². The second-order valence-corrected chi connectivity index (χ2v) is 5.08. The zero-order valence-corrected chi connectivity index (χ0v) is 10.2. The zero-order chi connectivity index (χ0) is 11.2. The van der Waals surface area contributed by atoms with Gasteiger partial charge >= 0.3 is 0 Å². The minimum Gasteiger partial charge on any atom is -0.302 e. The summed E-state index contributed by atoms with van der Waals surface area (Å²) in [5.41, 5.74) is 0. The van der Waals surface area contributed by atoms with Gasteiger partial charge in [0.2, 0.25) is 0 Å². The SMILES string of the molecule is N#CCCN1CCC(N2CCCCC2)CC1. The fourth-order valence-electron chi connectivity index (χ4n) is 3.00. The van der Waals surface area contributed by atoms with Crippen molar-refractivity contribution in [3.05, 3.63) is 0 Å². The first-order valence-corrected chi connectivity index (χ1v) is 6.73. The Morgan fingerprint density at radius 1 is 1.00 bits per heavy atom. The predicted molar refractivity (Wildman–Crippen MR) is 65.1 cm³/mol. The van der Waals surface area contributed by atoms with Gasteiger partial charge in [0, 0.05) is 19.0 Å². The molecule has 2 aliphatic heterocycles. The molecule has 90 valence electrons. The smallest absolute Gasteiger partial charge is 0.0635 e. The average molecular weight is 221 g/mol. The van der Waals surface area contributed by atoms with Crippen LogP contribution in [0.5, 0.6) is 0 Å². The first kappa shape index (κ1) is 11.9. The summed E-state index contributed by atoms with van der Waals surface area (Å²) in [5, 5.41) is 8.57. The van der Waals surface area contributed by atoms with Crippen molar-refractivity contribution >= 4 is 0 Å². The van der Waals surface area contributed by atoms with Crippen molar-refractivity contribution in [3.63, 3.8) is 0 Å². The third kappa shape index (κ3) is 3.20. The third-order valence-corrected chi connectivity index (χ3v) is 4.00. The first-order valence-electron chi connectivity index (χ1n) is 6.73. The molecule has 16 heavy (non-hydrogen) atoms. The number of hydrogen-bond donors (Lipinski definition) is 0. The first-order chi connectivity index (χ1) is 7.90. The molecular formula is C13H23N3. The summed E-state index contributed by atoms with van der Waals surface area (Å²) in [7, 11) is 0. The molecule has 2 heterocycles. The van der Waals surface area contributed by atoms with Crippen LogP contribution < -0.4 is 0 Å². The molecule has 0 radical (unpaired) electrons. The van der Waals surface area contributed by atoms with Gasteiger partial charge < -0.3 is 9.80 Å². The molecule has 2 saturated heterocycles. The van der Waals surface area contributed by atoms with E-state index in [-0.39, 0.29) is 0 Å². The fraction of sp³-hybridized carbons (Fsp3) is 0.923. The van der Waals surface area contributed by atoms with E-state index in [2.05, 4.69) is 15.9 Å². The molecule has 3 heteroatoms. The Labute approximate surface area is 99.0 Å². The van der Waals surface area contributed by atoms with Gasteiger partial charge in [-0.3, -0.25) is 0 Å². The van der Waals surface area contributed by atoms with E-state index in [1.807, 2.05) is 0 Å². The Balaban J connectivity index is 1.70. The average Bonchev–Trinajstić information content (AvgIpc) is 2.38. The van der Waals surface area contributed by atoms with Gasteiger partial charge in [0.05, 0.1) is 6.07 Å². The summed E-state index contributed by atoms with van der Waals surface area (Å²) in [6.45, 7) is 6.01. The number of nitriles is 1. The third-order valence-electron chi connectivity index (χ3n) is 4.00. The summed E-state index contributed by atoms with van der Waals surface area (Å²) in [6, 6.07) is 3.07. The molecule has 0 unspecified atom stereocenters. The van der Waals surface area contributed by atoms with Crippen LogP contribution in [0.2, 0.25) is 0 Å². The van der Waals surface area contributed by atoms with E-state index < -0.39 is 0 Å². The van der Waals surface area contributed by atoms with E-state index in [0.29, 0.717) is 6.42 Å². The van der Waals surface area contributed by atoms with Gasteiger partial charge in [0.15, 0.2) is 0 Å². The molecule has 2 fully saturated rings. The molecule has 0 N–H and O–H groups in total. The van der Waals surface area contributed by atoms with Crippen LogP contribution in [0.25, 0.3) is 0 Å². The molecule has 0 atom stereocenters. The van der Waals surface area contributed by atoms with E-state index in [0.717, 1.165) is 12.6 Å². The highest BCUT2D eigenvalue weighted by molar-refractivity contribution is 4.82. The molecule has 0 spiro atoms. The lowest BCUT2D eigenvalue weighted by Crippen LogP contribution is -2.46. The Hall–Kier alpha value is -0.590. The summed E-state index contributed by atoms with van der Waals surface area (Å²) >= 11 is 0. The van der Waals surface area contributed by atoms with E-state index in [1.165, 1.54) is 58.3 Å². The molecule has 0 aromatic rings. The van der Waals surface area contributed by atoms with E-state index >= 15 is 0 Å². The lowest BCUT2D eigenvalue weighted by Gasteiger charge is -2.40. The highest BCUT2D eigenvalue weighted by Crippen LogP contribution is 2.20. The molecule has 0 aromatic carbocycles. The molecule has 0 aliphatic carbocycles. The maximum atomic E-state index is 8.57. The second-order valence-electron chi connectivity index (χ2n) is 5.08. The minimum atomic E-state index is 0.689. The Bertz CT molecular complexity index is 232. The Morgan fingerprint density at radius 2 is 1.69 bits per heavy atom. The minimum absolute atomic E-state index is 0.689. The van der Waals surface area contributed by atoms with Gasteiger partial charge in [0.25, 0.3) is 0 Å². The van der Waals surface area contributed by atoms with Gasteiger partial charge in [-0.15, -0.1) is 0 Å². The summed E-state index contributed by atoms with van der Waals surface area (Å²) in [6.07, 6.45) is 7.53. The van der Waals surface area contributed by atoms with Crippen molar-refractivity contribution in [2.45, 2.75) is 44.6 Å². The Morgan fingerprint density at radius 3 is 2.31 bits per heavy atom. The largest absolute Gasteiger partial charge is 0.302 e. The number of nitrogens with zero attached hydrogens (tertiary/aromatic N) is 3. The van der Waals surface area contributed by atoms with Crippen LogP contribution in [0.3, 0.4) is 0 Å². The maximum absolute atomic E-state index is 8.57. The quantitative estimate of drug-likeness (QED) is 0.728. The van der Waals surface area contributed by atoms with Crippen molar-refractivity contribution in [2.24, 2.45) is 0 Å². The van der Waals surface area contributed by atoms with Crippen molar-refractivity contribution in [1.29, 1.82) is 5.26 Å². The van der Waals surface area contributed by atoms with Crippen molar-refractivity contribution in [2.75, 3.05) is 32.7 Å². The van der Waals surface area contributed by atoms with E-state index in [9.17, 15) is 0 Å². The normalized spacial score (nSPS) is 25.4. The van der Waals surface area contributed by atoms with Gasteiger partial charge in [-0.1, -0.05) is 6.42 Å². The summed E-state index contributed by atoms with van der Waals surface area (Å²) in [5.74, 6) is 0. The molecule has 0 bridgehead atoms. The van der Waals surface area contributed by atoms with Crippen molar-refractivity contribution < 1.29 is 0 Å². The number of piperidine rings is 2. The highest BCUT2D eigenvalue weighted by Gasteiger charge is 2.24. The van der Waals surface area contributed by atoms with Crippen LogP contribution in [0.15, 0.2) is 0 Å². The van der Waals surface area contributed by atoms with Crippen LogP contribution >= 0.6 is 0 Å². The van der Waals surface area contributed by atoms with Crippen LogP contribution in [-0.2, 0) is 0 Å². The van der Waals surface area contributed by atoms with Crippen LogP contribution in [0.4, 0.5) is 0 Å². The van der Waals surface area contributed by atoms with Gasteiger partial charge in [-0.05, 0) is 51.9 Å². The molecule has 2 aliphatic rings. The molecule has 2 rings (SSSR count). The molecule has 0 aromatic heterocycles. The number of rotatable bonds is 3. The highest BCUT2D eigenvalue weighted by atomic mass is 15.2. The number of hydrogen-bond acceptors (Lipinski definition) is 3. The van der Waals surface area contributed by atoms with E-state index in [1.54, 1.807) is 0 Å². The molecule has 0 amide bonds. The van der Waals surface area contributed by atoms with Crippen LogP contribution in [-0.4, -0.2) is 48.6 Å². The summed E-state index contributed by atoms with van der Waals surface area (Å²) < 4.78 is 0. The fourth-order valence-corrected chi connectivity index (χ4v) is 3.00. The van der Waals surface area contributed by atoms with E-state index in [4.69, 9.17) is 5.26 Å². The zero-order valence-electron chi connectivity index (χ0n) is 10.2. The Kier molecular flexibility index (Phi) is 4.62. The maximum Gasteiger partial charge on any atom is 0.0635 e. The van der Waals surface area contributed by atoms with Crippen molar-refractivity contribution in [3.8, 4) is 6.07 Å². The van der Waals surface area contributed by atoms with Gasteiger partial charge in [-0.25, -0.2) is 0 Å². The van der Waals surface area contributed by atoms with Gasteiger partial charge in [0.1, 0.15) is 0 Å². The second kappa shape index (κ2) is 6.22. The molecular weight excluding hydrogens is 198 g/mol. The molecule has 3 nitrogen and oxygen atoms in total. The monoisotopic (exact) mass is 221 g/mol. The predicted octanol–water partition coefficient (Wildman–Crippen LogP) is 1.85. The standard InChI is InChI=1S/C13H23N3/c14-7-4-8-15-11-5-13(6-12-15)16-9-2-1-3-10-16/h13H,1-6,8-12H2. The topological polar surface area (TPSA) is 30.3 Å². The van der Waals surface area contributed by atoms with Crippen LogP contribution in [0.1, 0.15) is 38.5 Å². The lowest BCUT2D eigenvalue weighted by molar-refractivity contribution is 0.0935. The lowest BCUT2D eigenvalue weighted by atomic mass is 10.00. The van der Waals surface area contributed by atoms with Gasteiger partial charge in [-0.2, -0.15) is 5.26 Å².